The molecule has 50 valence electrons. The van der Waals surface area contributed by atoms with Gasteiger partial charge in [0.15, 0.2) is 0 Å². The monoisotopic (exact) mass is 133 g/mol. The molecule has 0 aliphatic carbocycles. The molecule has 1 N–H and O–H groups in total. The van der Waals surface area contributed by atoms with Gasteiger partial charge in [0.05, 0.1) is 0 Å². The summed E-state index contributed by atoms with van der Waals surface area (Å²) in [5.41, 5.74) is 0. The minimum absolute atomic E-state index is 0.470. The van der Waals surface area contributed by atoms with Gasteiger partial charge in [-0.05, 0) is 0 Å². The lowest BCUT2D eigenvalue weighted by atomic mass is 10.3. The molecule has 0 rings (SSSR count). The van der Waals surface area contributed by atoms with Crippen molar-refractivity contribution in [3.05, 3.63) is 0 Å². The van der Waals surface area contributed by atoms with Crippen LogP contribution < -0.4 is 5.32 Å². The molecule has 2 heteroatoms. The van der Waals surface area contributed by atoms with Gasteiger partial charge in [-0.15, -0.1) is 0 Å². The SMILES string of the molecule is CC(S)CNC(C)C. The van der Waals surface area contributed by atoms with Crippen molar-refractivity contribution in [1.82, 2.24) is 5.32 Å². The van der Waals surface area contributed by atoms with E-state index in [1.54, 1.807) is 0 Å². The van der Waals surface area contributed by atoms with Crippen LogP contribution in [0.2, 0.25) is 0 Å². The molecule has 1 atom stereocenters. The summed E-state index contributed by atoms with van der Waals surface area (Å²) in [5.74, 6) is 0. The van der Waals surface area contributed by atoms with E-state index in [0.29, 0.717) is 11.3 Å². The summed E-state index contributed by atoms with van der Waals surface area (Å²) in [5, 5.41) is 3.74. The summed E-state index contributed by atoms with van der Waals surface area (Å²) >= 11 is 4.21. The smallest absolute Gasteiger partial charge is 0.0114 e. The van der Waals surface area contributed by atoms with Crippen LogP contribution in [0.4, 0.5) is 0 Å². The standard InChI is InChI=1S/C6H15NS/c1-5(2)7-4-6(3)8/h5-8H,4H2,1-3H3. The Morgan fingerprint density at radius 2 is 1.88 bits per heavy atom. The normalized spacial score (nSPS) is 14.6. The first-order valence-electron chi connectivity index (χ1n) is 3.04. The molecule has 1 unspecified atom stereocenters. The third kappa shape index (κ3) is 6.31. The predicted octanol–water partition coefficient (Wildman–Crippen LogP) is 1.30. The van der Waals surface area contributed by atoms with Crippen molar-refractivity contribution in [1.29, 1.82) is 0 Å². The molecule has 0 aliphatic rings. The fourth-order valence-electron chi connectivity index (χ4n) is 0.406. The Labute approximate surface area is 57.3 Å². The molecule has 0 saturated heterocycles. The van der Waals surface area contributed by atoms with Crippen LogP contribution in [-0.4, -0.2) is 17.8 Å². The molecule has 0 aromatic heterocycles. The zero-order valence-corrected chi connectivity index (χ0v) is 6.70. The molecular formula is C6H15NS. The van der Waals surface area contributed by atoms with Gasteiger partial charge in [-0.25, -0.2) is 0 Å². The molecule has 0 saturated carbocycles. The van der Waals surface area contributed by atoms with Crippen LogP contribution in [0.15, 0.2) is 0 Å². The summed E-state index contributed by atoms with van der Waals surface area (Å²) in [6.07, 6.45) is 0. The molecule has 8 heavy (non-hydrogen) atoms. The minimum Gasteiger partial charge on any atom is -0.313 e. The van der Waals surface area contributed by atoms with Gasteiger partial charge in [0.25, 0.3) is 0 Å². The van der Waals surface area contributed by atoms with E-state index in [9.17, 15) is 0 Å². The van der Waals surface area contributed by atoms with Gasteiger partial charge in [-0.3, -0.25) is 0 Å². The molecule has 0 amide bonds. The Hall–Kier alpha value is 0.310. The third-order valence-corrected chi connectivity index (χ3v) is 1.00. The second-order valence-electron chi connectivity index (χ2n) is 2.41. The minimum atomic E-state index is 0.470. The van der Waals surface area contributed by atoms with Crippen LogP contribution in [0.25, 0.3) is 0 Å². The highest BCUT2D eigenvalue weighted by Gasteiger charge is 1.94. The molecule has 0 heterocycles. The van der Waals surface area contributed by atoms with Crippen molar-refractivity contribution >= 4 is 12.6 Å². The van der Waals surface area contributed by atoms with E-state index in [4.69, 9.17) is 0 Å². The van der Waals surface area contributed by atoms with Crippen LogP contribution in [0.1, 0.15) is 20.8 Å². The fraction of sp³-hybridized carbons (Fsp3) is 1.00. The molecule has 0 fully saturated rings. The maximum atomic E-state index is 4.21. The van der Waals surface area contributed by atoms with Crippen LogP contribution in [0.5, 0.6) is 0 Å². The van der Waals surface area contributed by atoms with Crippen molar-refractivity contribution in [2.24, 2.45) is 0 Å². The summed E-state index contributed by atoms with van der Waals surface area (Å²) < 4.78 is 0. The first-order valence-corrected chi connectivity index (χ1v) is 3.56. The number of nitrogens with one attached hydrogen (secondary N) is 1. The third-order valence-electron chi connectivity index (χ3n) is 0.822. The summed E-state index contributed by atoms with van der Waals surface area (Å²) in [6, 6.07) is 0.588. The van der Waals surface area contributed by atoms with Crippen molar-refractivity contribution in [2.45, 2.75) is 32.1 Å². The van der Waals surface area contributed by atoms with Gasteiger partial charge >= 0.3 is 0 Å². The summed E-state index contributed by atoms with van der Waals surface area (Å²) in [4.78, 5) is 0. The number of hydrogen-bond acceptors (Lipinski definition) is 2. The zero-order chi connectivity index (χ0) is 6.57. The lowest BCUT2D eigenvalue weighted by Gasteiger charge is -2.08. The van der Waals surface area contributed by atoms with E-state index in [1.165, 1.54) is 0 Å². The van der Waals surface area contributed by atoms with E-state index in [-0.39, 0.29) is 0 Å². The van der Waals surface area contributed by atoms with Crippen LogP contribution >= 0.6 is 12.6 Å². The lowest BCUT2D eigenvalue weighted by Crippen LogP contribution is -2.27. The van der Waals surface area contributed by atoms with Crippen molar-refractivity contribution in [3.8, 4) is 0 Å². The topological polar surface area (TPSA) is 12.0 Å². The Balaban J connectivity index is 2.93. The Bertz CT molecular complexity index is 44.5. The van der Waals surface area contributed by atoms with E-state index < -0.39 is 0 Å². The van der Waals surface area contributed by atoms with Crippen LogP contribution in [-0.2, 0) is 0 Å². The molecule has 1 nitrogen and oxygen atoms in total. The van der Waals surface area contributed by atoms with Gasteiger partial charge in [0.1, 0.15) is 0 Å². The molecule has 0 aromatic rings. The van der Waals surface area contributed by atoms with E-state index in [2.05, 4.69) is 38.7 Å². The Kier molecular flexibility index (Phi) is 4.38. The van der Waals surface area contributed by atoms with E-state index >= 15 is 0 Å². The van der Waals surface area contributed by atoms with Gasteiger partial charge in [0, 0.05) is 17.8 Å². The van der Waals surface area contributed by atoms with Gasteiger partial charge in [-0.1, -0.05) is 20.8 Å². The van der Waals surface area contributed by atoms with Crippen molar-refractivity contribution in [2.75, 3.05) is 6.54 Å². The highest BCUT2D eigenvalue weighted by molar-refractivity contribution is 7.80. The molecule has 0 aliphatic heterocycles. The average Bonchev–Trinajstić information content (AvgIpc) is 1.61. The van der Waals surface area contributed by atoms with Gasteiger partial charge < -0.3 is 5.32 Å². The highest BCUT2D eigenvalue weighted by atomic mass is 32.1. The molecule has 0 spiro atoms. The van der Waals surface area contributed by atoms with E-state index in [1.807, 2.05) is 0 Å². The molecular weight excluding hydrogens is 118 g/mol. The molecule has 0 radical (unpaired) electrons. The van der Waals surface area contributed by atoms with Crippen molar-refractivity contribution in [3.63, 3.8) is 0 Å². The number of hydrogen-bond donors (Lipinski definition) is 2. The maximum Gasteiger partial charge on any atom is 0.0114 e. The highest BCUT2D eigenvalue weighted by Crippen LogP contribution is 1.89. The second kappa shape index (κ2) is 4.21. The number of rotatable bonds is 3. The maximum absolute atomic E-state index is 4.21. The lowest BCUT2D eigenvalue weighted by molar-refractivity contribution is 0.590. The summed E-state index contributed by atoms with van der Waals surface area (Å²) in [7, 11) is 0. The average molecular weight is 133 g/mol. The van der Waals surface area contributed by atoms with Crippen molar-refractivity contribution < 1.29 is 0 Å². The van der Waals surface area contributed by atoms with Gasteiger partial charge in [0.2, 0.25) is 0 Å². The molecule has 0 bridgehead atoms. The first kappa shape index (κ1) is 8.31. The fourth-order valence-corrected chi connectivity index (χ4v) is 0.512. The van der Waals surface area contributed by atoms with Crippen LogP contribution in [0, 0.1) is 0 Å². The second-order valence-corrected chi connectivity index (χ2v) is 3.29. The first-order chi connectivity index (χ1) is 3.63. The predicted molar refractivity (Wildman–Crippen MR) is 41.6 cm³/mol. The molecule has 0 aromatic carbocycles. The summed E-state index contributed by atoms with van der Waals surface area (Å²) in [6.45, 7) is 7.35. The Morgan fingerprint density at radius 1 is 1.38 bits per heavy atom. The van der Waals surface area contributed by atoms with Gasteiger partial charge in [-0.2, -0.15) is 12.6 Å². The van der Waals surface area contributed by atoms with E-state index in [0.717, 1.165) is 6.54 Å². The Morgan fingerprint density at radius 3 is 2.00 bits per heavy atom. The number of thiol groups is 1. The quantitative estimate of drug-likeness (QED) is 0.553. The zero-order valence-electron chi connectivity index (χ0n) is 5.81. The van der Waals surface area contributed by atoms with Crippen LogP contribution in [0.3, 0.4) is 0 Å². The largest absolute Gasteiger partial charge is 0.313 e.